The Morgan fingerprint density at radius 3 is 1.55 bits per heavy atom. The van der Waals surface area contributed by atoms with Gasteiger partial charge in [0.1, 0.15) is 23.0 Å². The summed E-state index contributed by atoms with van der Waals surface area (Å²) in [6.45, 7) is 2.95. The van der Waals surface area contributed by atoms with Gasteiger partial charge in [0.15, 0.2) is 11.6 Å². The Labute approximate surface area is 171 Å². The number of nitrogens with zero attached hydrogens (tertiary/aromatic N) is 4. The van der Waals surface area contributed by atoms with E-state index in [0.717, 1.165) is 6.08 Å². The van der Waals surface area contributed by atoms with Crippen LogP contribution in [0.5, 0.6) is 0 Å². The van der Waals surface area contributed by atoms with E-state index in [4.69, 9.17) is 0 Å². The second-order valence-corrected chi connectivity index (χ2v) is 7.13. The number of carbonyl (C=O) groups excluding carboxylic acids is 2. The Hall–Kier alpha value is -4.36. The first kappa shape index (κ1) is 21.4. The van der Waals surface area contributed by atoms with E-state index in [-0.39, 0.29) is 5.57 Å². The average Bonchev–Trinajstić information content (AvgIpc) is 2.68. The van der Waals surface area contributed by atoms with Gasteiger partial charge in [-0.1, -0.05) is 13.8 Å². The molecule has 14 heteroatoms. The highest BCUT2D eigenvalue weighted by molar-refractivity contribution is 6.21. The fourth-order valence-corrected chi connectivity index (χ4v) is 3.93. The third-order valence-electron chi connectivity index (χ3n) is 5.19. The van der Waals surface area contributed by atoms with E-state index in [9.17, 15) is 50.0 Å². The number of benzene rings is 1. The summed E-state index contributed by atoms with van der Waals surface area (Å²) in [6.07, 6.45) is 0.823. The van der Waals surface area contributed by atoms with Crippen molar-refractivity contribution >= 4 is 22.9 Å². The molecule has 0 fully saturated rings. The molecular weight excluding hydrogens is 420 g/mol. The summed E-state index contributed by atoms with van der Waals surface area (Å²) in [6, 6.07) is 1.29. The van der Waals surface area contributed by atoms with Crippen LogP contribution in [0.3, 0.4) is 0 Å². The SMILES string of the molecule is CC(C)C1=C([N+](=O)[O-])C2C(=O)c3c([N+](=O)[O-])ccc([N+](=O)[O-])c3C(=O)C2C([N+](=O)[O-])=C1. The van der Waals surface area contributed by atoms with Crippen LogP contribution in [0.1, 0.15) is 34.6 Å². The number of allylic oxidation sites excluding steroid dienone is 4. The maximum absolute atomic E-state index is 13.3. The van der Waals surface area contributed by atoms with Crippen molar-refractivity contribution < 1.29 is 29.3 Å². The summed E-state index contributed by atoms with van der Waals surface area (Å²) >= 11 is 0. The number of rotatable bonds is 5. The van der Waals surface area contributed by atoms with Crippen LogP contribution in [-0.2, 0) is 0 Å². The number of Topliss-reactive ketones (excluding diaryl/α,β-unsaturated/α-hetero) is 2. The maximum Gasteiger partial charge on any atom is 0.281 e. The van der Waals surface area contributed by atoms with Gasteiger partial charge in [-0.05, 0) is 5.92 Å². The lowest BCUT2D eigenvalue weighted by molar-refractivity contribution is -0.448. The summed E-state index contributed by atoms with van der Waals surface area (Å²) in [4.78, 5) is 68.7. The lowest BCUT2D eigenvalue weighted by Gasteiger charge is -2.30. The average molecular weight is 432 g/mol. The van der Waals surface area contributed by atoms with Crippen molar-refractivity contribution in [3.8, 4) is 0 Å². The topological polar surface area (TPSA) is 207 Å². The predicted molar refractivity (Wildman–Crippen MR) is 99.3 cm³/mol. The van der Waals surface area contributed by atoms with Gasteiger partial charge in [-0.3, -0.25) is 50.0 Å². The number of ketones is 2. The molecule has 31 heavy (non-hydrogen) atoms. The first-order chi connectivity index (χ1) is 14.4. The van der Waals surface area contributed by atoms with Gasteiger partial charge < -0.3 is 0 Å². The molecule has 0 radical (unpaired) electrons. The van der Waals surface area contributed by atoms with Gasteiger partial charge in [0.25, 0.3) is 22.8 Å². The van der Waals surface area contributed by atoms with Gasteiger partial charge in [-0.2, -0.15) is 0 Å². The number of hydrogen-bond acceptors (Lipinski definition) is 10. The molecule has 2 aliphatic rings. The van der Waals surface area contributed by atoms with E-state index < -0.39 is 82.9 Å². The highest BCUT2D eigenvalue weighted by Gasteiger charge is 2.59. The van der Waals surface area contributed by atoms with Gasteiger partial charge in [0.05, 0.1) is 19.7 Å². The van der Waals surface area contributed by atoms with Gasteiger partial charge in [-0.25, -0.2) is 0 Å². The standard InChI is InChI=1S/C17H12N4O10/c1-6(2)7-5-10(20(28)29)13-14(15(7)21(30)31)17(23)12-9(19(26)27)4-3-8(18(24)25)11(12)16(13)22/h3-6,13-14H,1-2H3. The molecule has 3 rings (SSSR count). The van der Waals surface area contributed by atoms with Crippen molar-refractivity contribution in [2.75, 3.05) is 0 Å². The van der Waals surface area contributed by atoms with E-state index >= 15 is 0 Å². The quantitative estimate of drug-likeness (QED) is 0.490. The second-order valence-electron chi connectivity index (χ2n) is 7.13. The first-order valence-electron chi connectivity index (χ1n) is 8.68. The predicted octanol–water partition coefficient (Wildman–Crippen LogP) is 2.48. The van der Waals surface area contributed by atoms with E-state index in [1.54, 1.807) is 0 Å². The molecule has 2 unspecified atom stereocenters. The van der Waals surface area contributed by atoms with Crippen LogP contribution in [0, 0.1) is 58.2 Å². The highest BCUT2D eigenvalue weighted by atomic mass is 16.6. The summed E-state index contributed by atoms with van der Waals surface area (Å²) in [5.74, 6) is -7.38. The zero-order chi connectivity index (χ0) is 23.4. The molecule has 2 aliphatic carbocycles. The zero-order valence-corrected chi connectivity index (χ0v) is 15.8. The molecule has 1 aromatic carbocycles. The van der Waals surface area contributed by atoms with Crippen LogP contribution in [0.15, 0.2) is 35.2 Å². The monoisotopic (exact) mass is 432 g/mol. The molecule has 160 valence electrons. The molecular formula is C17H12N4O10. The van der Waals surface area contributed by atoms with Crippen molar-refractivity contribution in [1.29, 1.82) is 0 Å². The number of fused-ring (bicyclic) bond motifs is 2. The van der Waals surface area contributed by atoms with E-state index in [2.05, 4.69) is 0 Å². The van der Waals surface area contributed by atoms with Crippen molar-refractivity contribution in [3.05, 3.63) is 86.8 Å². The third kappa shape index (κ3) is 3.04. The second kappa shape index (κ2) is 7.16. The normalized spacial score (nSPS) is 20.2. The van der Waals surface area contributed by atoms with Crippen LogP contribution in [-0.4, -0.2) is 31.3 Å². The van der Waals surface area contributed by atoms with Crippen molar-refractivity contribution in [2.24, 2.45) is 17.8 Å². The zero-order valence-electron chi connectivity index (χ0n) is 15.8. The minimum Gasteiger partial charge on any atom is -0.293 e. The van der Waals surface area contributed by atoms with Crippen molar-refractivity contribution in [2.45, 2.75) is 13.8 Å². The lowest BCUT2D eigenvalue weighted by Crippen LogP contribution is -2.44. The molecule has 0 aliphatic heterocycles. The van der Waals surface area contributed by atoms with Crippen LogP contribution >= 0.6 is 0 Å². The Bertz CT molecular complexity index is 1180. The molecule has 0 amide bonds. The fraction of sp³-hybridized carbons (Fsp3) is 0.294. The minimum absolute atomic E-state index is 0.185. The molecule has 1 aromatic rings. The molecule has 0 saturated carbocycles. The van der Waals surface area contributed by atoms with Crippen molar-refractivity contribution in [3.63, 3.8) is 0 Å². The van der Waals surface area contributed by atoms with Crippen LogP contribution < -0.4 is 0 Å². The summed E-state index contributed by atoms with van der Waals surface area (Å²) in [5, 5.41) is 46.3. The number of nitro benzene ring substituents is 2. The van der Waals surface area contributed by atoms with Crippen LogP contribution in [0.4, 0.5) is 11.4 Å². The third-order valence-corrected chi connectivity index (χ3v) is 5.19. The van der Waals surface area contributed by atoms with Crippen LogP contribution in [0.2, 0.25) is 0 Å². The molecule has 0 saturated heterocycles. The largest absolute Gasteiger partial charge is 0.293 e. The maximum atomic E-state index is 13.3. The molecule has 0 spiro atoms. The first-order valence-corrected chi connectivity index (χ1v) is 8.68. The number of hydrogen-bond donors (Lipinski definition) is 0. The number of carbonyl (C=O) groups is 2. The van der Waals surface area contributed by atoms with Gasteiger partial charge in [0, 0.05) is 23.8 Å². The number of nitro groups is 4. The van der Waals surface area contributed by atoms with E-state index in [1.165, 1.54) is 13.8 Å². The Morgan fingerprint density at radius 1 is 0.742 bits per heavy atom. The van der Waals surface area contributed by atoms with Crippen molar-refractivity contribution in [1.82, 2.24) is 0 Å². The molecule has 14 nitrogen and oxygen atoms in total. The molecule has 0 N–H and O–H groups in total. The Kier molecular flexibility index (Phi) is 4.93. The van der Waals surface area contributed by atoms with Crippen LogP contribution in [0.25, 0.3) is 0 Å². The van der Waals surface area contributed by atoms with E-state index in [1.807, 2.05) is 0 Å². The van der Waals surface area contributed by atoms with Gasteiger partial charge in [-0.15, -0.1) is 0 Å². The summed E-state index contributed by atoms with van der Waals surface area (Å²) in [7, 11) is 0. The minimum atomic E-state index is -2.03. The summed E-state index contributed by atoms with van der Waals surface area (Å²) in [5.41, 5.74) is -5.66. The fourth-order valence-electron chi connectivity index (χ4n) is 3.93. The highest BCUT2D eigenvalue weighted by Crippen LogP contribution is 2.48. The lowest BCUT2D eigenvalue weighted by atomic mass is 9.66. The molecule has 0 aromatic heterocycles. The Balaban J connectivity index is 2.48. The van der Waals surface area contributed by atoms with Gasteiger partial charge in [0.2, 0.25) is 0 Å². The molecule has 0 heterocycles. The van der Waals surface area contributed by atoms with Gasteiger partial charge >= 0.3 is 0 Å². The Morgan fingerprint density at radius 2 is 1.19 bits per heavy atom. The summed E-state index contributed by atoms with van der Waals surface area (Å²) < 4.78 is 0. The van der Waals surface area contributed by atoms with E-state index in [0.29, 0.717) is 12.1 Å². The smallest absolute Gasteiger partial charge is 0.281 e. The molecule has 2 atom stereocenters. The molecule has 0 bridgehead atoms.